The third kappa shape index (κ3) is 5.11. The molecule has 0 spiro atoms. The van der Waals surface area contributed by atoms with E-state index in [0.29, 0.717) is 5.92 Å². The lowest BCUT2D eigenvalue weighted by atomic mass is 9.89. The Morgan fingerprint density at radius 2 is 1.59 bits per heavy atom. The van der Waals surface area contributed by atoms with Gasteiger partial charge in [0.1, 0.15) is 11.5 Å². The summed E-state index contributed by atoms with van der Waals surface area (Å²) in [6, 6.07) is 18.7. The summed E-state index contributed by atoms with van der Waals surface area (Å²) < 4.78 is 5.91. The van der Waals surface area contributed by atoms with Crippen LogP contribution in [-0.2, 0) is 0 Å². The van der Waals surface area contributed by atoms with Gasteiger partial charge in [-0.2, -0.15) is 0 Å². The van der Waals surface area contributed by atoms with Crippen molar-refractivity contribution in [2.24, 2.45) is 5.92 Å². The van der Waals surface area contributed by atoms with Crippen LogP contribution in [0.15, 0.2) is 78.9 Å². The molecular formula is C25H29NO. The van der Waals surface area contributed by atoms with Crippen molar-refractivity contribution in [2.45, 2.75) is 31.6 Å². The van der Waals surface area contributed by atoms with E-state index in [1.54, 1.807) is 0 Å². The van der Waals surface area contributed by atoms with Gasteiger partial charge in [0.05, 0.1) is 0 Å². The molecule has 2 nitrogen and oxygen atoms in total. The first-order valence-electron chi connectivity index (χ1n) is 10.3. The molecule has 0 aromatic heterocycles. The van der Waals surface area contributed by atoms with E-state index in [4.69, 9.17) is 4.74 Å². The van der Waals surface area contributed by atoms with Gasteiger partial charge in [-0.3, -0.25) is 0 Å². The van der Waals surface area contributed by atoms with Gasteiger partial charge in [0.25, 0.3) is 0 Å². The second-order valence-electron chi connectivity index (χ2n) is 7.70. The summed E-state index contributed by atoms with van der Waals surface area (Å²) in [6.07, 6.45) is 14.1. The van der Waals surface area contributed by atoms with Crippen molar-refractivity contribution in [1.29, 1.82) is 0 Å². The van der Waals surface area contributed by atoms with Crippen LogP contribution in [0.4, 0.5) is 0 Å². The van der Waals surface area contributed by atoms with Crippen LogP contribution in [0, 0.1) is 5.92 Å². The number of ether oxygens (including phenoxy) is 1. The molecule has 27 heavy (non-hydrogen) atoms. The van der Waals surface area contributed by atoms with Gasteiger partial charge in [0, 0.05) is 0 Å². The smallest absolute Gasteiger partial charge is 0.127 e. The highest BCUT2D eigenvalue weighted by molar-refractivity contribution is 5.34. The summed E-state index contributed by atoms with van der Waals surface area (Å²) in [5.74, 6) is 3.23. The van der Waals surface area contributed by atoms with Crippen molar-refractivity contribution in [3.63, 3.8) is 0 Å². The first kappa shape index (κ1) is 18.1. The molecule has 2 aromatic rings. The van der Waals surface area contributed by atoms with Gasteiger partial charge in [0.2, 0.25) is 0 Å². The number of benzene rings is 2. The van der Waals surface area contributed by atoms with Crippen molar-refractivity contribution in [2.75, 3.05) is 19.6 Å². The van der Waals surface area contributed by atoms with Crippen LogP contribution in [0.1, 0.15) is 37.2 Å². The summed E-state index contributed by atoms with van der Waals surface area (Å²) in [7, 11) is 0. The third-order valence-corrected chi connectivity index (χ3v) is 5.80. The molecule has 2 aromatic carbocycles. The van der Waals surface area contributed by atoms with Crippen molar-refractivity contribution in [3.8, 4) is 11.5 Å². The topological polar surface area (TPSA) is 12.5 Å². The van der Waals surface area contributed by atoms with Crippen molar-refractivity contribution < 1.29 is 4.74 Å². The predicted octanol–water partition coefficient (Wildman–Crippen LogP) is 6.18. The van der Waals surface area contributed by atoms with Crippen molar-refractivity contribution in [1.82, 2.24) is 4.90 Å². The second kappa shape index (κ2) is 9.05. The molecule has 2 heteroatoms. The van der Waals surface area contributed by atoms with Gasteiger partial charge in [0.15, 0.2) is 0 Å². The van der Waals surface area contributed by atoms with E-state index in [1.807, 2.05) is 30.3 Å². The molecule has 1 saturated heterocycles. The SMILES string of the molecule is C1=CCC(CCN2CCC(c3ccc(Oc4ccccc4)cc3)CC2)C=C1. The predicted molar refractivity (Wildman–Crippen MR) is 112 cm³/mol. The molecule has 2 aliphatic rings. The van der Waals surface area contributed by atoms with E-state index >= 15 is 0 Å². The molecule has 0 N–H and O–H groups in total. The van der Waals surface area contributed by atoms with E-state index in [-0.39, 0.29) is 0 Å². The van der Waals surface area contributed by atoms with Gasteiger partial charge in [-0.15, -0.1) is 0 Å². The number of hydrogen-bond donors (Lipinski definition) is 0. The number of rotatable bonds is 6. The Kier molecular flexibility index (Phi) is 6.06. The minimum Gasteiger partial charge on any atom is -0.457 e. The lowest BCUT2D eigenvalue weighted by Crippen LogP contribution is -2.34. The zero-order chi connectivity index (χ0) is 18.3. The van der Waals surface area contributed by atoms with Gasteiger partial charge < -0.3 is 9.64 Å². The van der Waals surface area contributed by atoms with E-state index < -0.39 is 0 Å². The number of likely N-dealkylation sites (tertiary alicyclic amines) is 1. The Hall–Kier alpha value is -2.32. The fourth-order valence-electron chi connectivity index (χ4n) is 4.12. The summed E-state index contributed by atoms with van der Waals surface area (Å²) in [5.41, 5.74) is 1.45. The Bertz CT molecular complexity index is 755. The van der Waals surface area contributed by atoms with Crippen LogP contribution >= 0.6 is 0 Å². The quantitative estimate of drug-likeness (QED) is 0.610. The van der Waals surface area contributed by atoms with Crippen molar-refractivity contribution in [3.05, 3.63) is 84.5 Å². The average molecular weight is 360 g/mol. The fraction of sp³-hybridized carbons (Fsp3) is 0.360. The van der Waals surface area contributed by atoms with Gasteiger partial charge in [-0.25, -0.2) is 0 Å². The monoisotopic (exact) mass is 359 g/mol. The minimum atomic E-state index is 0.685. The number of nitrogens with zero attached hydrogens (tertiary/aromatic N) is 1. The molecule has 4 rings (SSSR count). The molecule has 140 valence electrons. The molecule has 1 fully saturated rings. The number of hydrogen-bond acceptors (Lipinski definition) is 2. The molecule has 0 saturated carbocycles. The van der Waals surface area contributed by atoms with E-state index in [2.05, 4.69) is 53.5 Å². The molecule has 1 heterocycles. The molecule has 0 bridgehead atoms. The number of allylic oxidation sites excluding steroid dienone is 4. The summed E-state index contributed by atoms with van der Waals surface area (Å²) >= 11 is 0. The van der Waals surface area contributed by atoms with Gasteiger partial charge in [-0.05, 0) is 87.0 Å². The Labute approximate surface area is 163 Å². The third-order valence-electron chi connectivity index (χ3n) is 5.80. The maximum Gasteiger partial charge on any atom is 0.127 e. The second-order valence-corrected chi connectivity index (χ2v) is 7.70. The first-order chi connectivity index (χ1) is 13.4. The Morgan fingerprint density at radius 1 is 0.852 bits per heavy atom. The molecular weight excluding hydrogens is 330 g/mol. The van der Waals surface area contributed by atoms with Crippen LogP contribution in [0.5, 0.6) is 11.5 Å². The standard InChI is InChI=1S/C25H29NO/c1-3-7-21(8-4-1)15-18-26-19-16-23(17-20-26)22-11-13-25(14-12-22)27-24-9-5-2-6-10-24/h1-7,9-14,21,23H,8,15-20H2. The molecule has 1 atom stereocenters. The highest BCUT2D eigenvalue weighted by atomic mass is 16.5. The normalized spacial score (nSPS) is 20.7. The number of piperidine rings is 1. The molecule has 0 radical (unpaired) electrons. The van der Waals surface area contributed by atoms with Crippen LogP contribution in [-0.4, -0.2) is 24.5 Å². The maximum absolute atomic E-state index is 5.91. The Morgan fingerprint density at radius 3 is 2.30 bits per heavy atom. The molecule has 1 aliphatic heterocycles. The minimum absolute atomic E-state index is 0.685. The summed E-state index contributed by atoms with van der Waals surface area (Å²) in [6.45, 7) is 3.68. The summed E-state index contributed by atoms with van der Waals surface area (Å²) in [5, 5.41) is 0. The van der Waals surface area contributed by atoms with Gasteiger partial charge in [-0.1, -0.05) is 54.6 Å². The molecule has 0 amide bonds. The average Bonchev–Trinajstić information content (AvgIpc) is 2.75. The van der Waals surface area contributed by atoms with Crippen LogP contribution < -0.4 is 4.74 Å². The zero-order valence-electron chi connectivity index (χ0n) is 16.0. The highest BCUT2D eigenvalue weighted by Crippen LogP contribution is 2.30. The van der Waals surface area contributed by atoms with Crippen LogP contribution in [0.2, 0.25) is 0 Å². The van der Waals surface area contributed by atoms with Crippen LogP contribution in [0.25, 0.3) is 0 Å². The maximum atomic E-state index is 5.91. The van der Waals surface area contributed by atoms with E-state index in [0.717, 1.165) is 17.4 Å². The van der Waals surface area contributed by atoms with Crippen LogP contribution in [0.3, 0.4) is 0 Å². The lowest BCUT2D eigenvalue weighted by Gasteiger charge is -2.33. The zero-order valence-corrected chi connectivity index (χ0v) is 16.0. The Balaban J connectivity index is 1.24. The number of para-hydroxylation sites is 1. The van der Waals surface area contributed by atoms with Gasteiger partial charge >= 0.3 is 0 Å². The summed E-state index contributed by atoms with van der Waals surface area (Å²) in [4.78, 5) is 2.65. The van der Waals surface area contributed by atoms with E-state index in [9.17, 15) is 0 Å². The van der Waals surface area contributed by atoms with E-state index in [1.165, 1.54) is 50.9 Å². The molecule has 1 aliphatic carbocycles. The largest absolute Gasteiger partial charge is 0.457 e. The fourth-order valence-corrected chi connectivity index (χ4v) is 4.12. The lowest BCUT2D eigenvalue weighted by molar-refractivity contribution is 0.203. The van der Waals surface area contributed by atoms with Crippen molar-refractivity contribution >= 4 is 0 Å². The first-order valence-corrected chi connectivity index (χ1v) is 10.3. The molecule has 1 unspecified atom stereocenters. The highest BCUT2D eigenvalue weighted by Gasteiger charge is 2.21.